The van der Waals surface area contributed by atoms with E-state index in [9.17, 15) is 0 Å². The van der Waals surface area contributed by atoms with E-state index in [0.29, 0.717) is 11.8 Å². The van der Waals surface area contributed by atoms with Gasteiger partial charge in [0, 0.05) is 0 Å². The van der Waals surface area contributed by atoms with Gasteiger partial charge in [0.25, 0.3) is 0 Å². The van der Waals surface area contributed by atoms with Crippen LogP contribution in [0.1, 0.15) is 103 Å². The summed E-state index contributed by atoms with van der Waals surface area (Å²) >= 11 is 0. The molecule has 0 saturated heterocycles. The van der Waals surface area contributed by atoms with E-state index in [1.165, 1.54) is 131 Å². The molecule has 294 valence electrons. The SMILES string of the molecule is CC(C)c1ccc(-c2cc3c4ccc5c(cc6c7ccc(C(C)(C)C)cc7c7cc(-c8ccc(C(C)C)cc8)cc5c76)c4cc4c5ccc(C(C)(C)C)cc5c(c2)c34)cc1. The first kappa shape index (κ1) is 37.1. The molecule has 0 aliphatic carbocycles. The highest BCUT2D eigenvalue weighted by Gasteiger charge is 2.24. The Morgan fingerprint density at radius 1 is 0.267 bits per heavy atom. The van der Waals surface area contributed by atoms with Gasteiger partial charge in [0.15, 0.2) is 0 Å². The van der Waals surface area contributed by atoms with Crippen molar-refractivity contribution in [1.29, 1.82) is 0 Å². The van der Waals surface area contributed by atoms with Crippen LogP contribution in [0.5, 0.6) is 0 Å². The third kappa shape index (κ3) is 5.49. The number of benzene rings is 9. The summed E-state index contributed by atoms with van der Waals surface area (Å²) in [6, 6.07) is 52.9. The quantitative estimate of drug-likeness (QED) is 0.156. The van der Waals surface area contributed by atoms with Crippen molar-refractivity contribution in [3.8, 4) is 22.3 Å². The van der Waals surface area contributed by atoms with Gasteiger partial charge in [-0.15, -0.1) is 0 Å². The molecular weight excluding hydrogens is 721 g/mol. The van der Waals surface area contributed by atoms with Gasteiger partial charge in [0.2, 0.25) is 0 Å². The highest BCUT2D eigenvalue weighted by Crippen LogP contribution is 2.50. The highest BCUT2D eigenvalue weighted by atomic mass is 14.3. The summed E-state index contributed by atoms with van der Waals surface area (Å²) in [6.45, 7) is 23.1. The Labute approximate surface area is 354 Å². The van der Waals surface area contributed by atoms with E-state index in [1.54, 1.807) is 0 Å². The molecule has 0 unspecified atom stereocenters. The summed E-state index contributed by atoms with van der Waals surface area (Å²) in [6.07, 6.45) is 0. The monoisotopic (exact) mass is 774 g/mol. The van der Waals surface area contributed by atoms with Crippen LogP contribution < -0.4 is 0 Å². The number of fused-ring (bicyclic) bond motifs is 11. The van der Waals surface area contributed by atoms with Gasteiger partial charge in [-0.3, -0.25) is 0 Å². The number of rotatable bonds is 4. The minimum absolute atomic E-state index is 0.0515. The maximum absolute atomic E-state index is 2.54. The van der Waals surface area contributed by atoms with E-state index in [1.807, 2.05) is 0 Å². The number of hydrogen-bond acceptors (Lipinski definition) is 0. The number of hydrogen-bond donors (Lipinski definition) is 0. The van der Waals surface area contributed by atoms with Crippen LogP contribution in [0.25, 0.3) is 108 Å². The molecule has 0 nitrogen and oxygen atoms in total. The molecule has 0 amide bonds. The first-order valence-corrected chi connectivity index (χ1v) is 22.1. The van der Waals surface area contributed by atoms with Crippen LogP contribution in [-0.2, 0) is 10.8 Å². The largest absolute Gasteiger partial charge is 0.0587 e. The molecule has 0 heterocycles. The molecule has 60 heavy (non-hydrogen) atoms. The van der Waals surface area contributed by atoms with Crippen molar-refractivity contribution in [3.63, 3.8) is 0 Å². The Kier molecular flexibility index (Phi) is 7.88. The molecule has 0 heteroatoms. The lowest BCUT2D eigenvalue weighted by molar-refractivity contribution is 0.591. The fourth-order valence-corrected chi connectivity index (χ4v) is 10.4. The topological polar surface area (TPSA) is 0 Å². The molecule has 11 rings (SSSR count). The second-order valence-corrected chi connectivity index (χ2v) is 20.6. The van der Waals surface area contributed by atoms with Crippen molar-refractivity contribution in [2.24, 2.45) is 0 Å². The van der Waals surface area contributed by atoms with Crippen LogP contribution in [0, 0.1) is 0 Å². The van der Waals surface area contributed by atoms with Gasteiger partial charge in [-0.05, 0) is 202 Å². The lowest BCUT2D eigenvalue weighted by Crippen LogP contribution is -2.10. The summed E-state index contributed by atoms with van der Waals surface area (Å²) in [7, 11) is 0. The minimum Gasteiger partial charge on any atom is -0.0587 e. The van der Waals surface area contributed by atoms with Gasteiger partial charge in [0.1, 0.15) is 0 Å². The second kappa shape index (κ2) is 12.8. The van der Waals surface area contributed by atoms with E-state index >= 15 is 0 Å². The molecule has 0 aliphatic rings. The third-order valence-corrected chi connectivity index (χ3v) is 14.0. The minimum atomic E-state index is 0.0515. The first-order chi connectivity index (χ1) is 28.6. The highest BCUT2D eigenvalue weighted by molar-refractivity contribution is 6.40. The molecule has 0 N–H and O–H groups in total. The van der Waals surface area contributed by atoms with Gasteiger partial charge in [0.05, 0.1) is 0 Å². The Bertz CT molecular complexity index is 3270. The molecule has 0 bridgehead atoms. The molecule has 0 spiro atoms. The molecule has 0 aliphatic heterocycles. The Hall–Kier alpha value is -5.98. The van der Waals surface area contributed by atoms with Crippen molar-refractivity contribution in [2.45, 2.75) is 91.9 Å². The normalized spacial score (nSPS) is 13.1. The predicted molar refractivity (Wildman–Crippen MR) is 265 cm³/mol. The summed E-state index contributed by atoms with van der Waals surface area (Å²) in [5.74, 6) is 0.996. The Morgan fingerprint density at radius 3 is 0.867 bits per heavy atom. The van der Waals surface area contributed by atoms with Gasteiger partial charge in [-0.25, -0.2) is 0 Å². The summed E-state index contributed by atoms with van der Waals surface area (Å²) in [5.41, 5.74) is 10.7. The van der Waals surface area contributed by atoms with Crippen molar-refractivity contribution in [1.82, 2.24) is 0 Å². The summed E-state index contributed by atoms with van der Waals surface area (Å²) in [5, 5.41) is 21.5. The van der Waals surface area contributed by atoms with Crippen molar-refractivity contribution in [3.05, 3.63) is 156 Å². The van der Waals surface area contributed by atoms with Crippen LogP contribution in [0.3, 0.4) is 0 Å². The zero-order valence-corrected chi connectivity index (χ0v) is 36.9. The maximum Gasteiger partial charge on any atom is -0.00195 e. The fourth-order valence-electron chi connectivity index (χ4n) is 10.4. The Morgan fingerprint density at radius 2 is 0.550 bits per heavy atom. The zero-order chi connectivity index (χ0) is 41.6. The molecule has 11 aromatic rings. The zero-order valence-electron chi connectivity index (χ0n) is 36.9. The smallest absolute Gasteiger partial charge is 0.00195 e. The molecule has 0 aromatic heterocycles. The third-order valence-electron chi connectivity index (χ3n) is 14.0. The van der Waals surface area contributed by atoms with Gasteiger partial charge in [-0.2, -0.15) is 0 Å². The molecule has 0 radical (unpaired) electrons. The van der Waals surface area contributed by atoms with E-state index in [0.717, 1.165) is 0 Å². The van der Waals surface area contributed by atoms with E-state index in [4.69, 9.17) is 0 Å². The van der Waals surface area contributed by atoms with Crippen LogP contribution >= 0.6 is 0 Å². The van der Waals surface area contributed by atoms with E-state index in [2.05, 4.69) is 203 Å². The van der Waals surface area contributed by atoms with Gasteiger partial charge < -0.3 is 0 Å². The molecule has 11 aromatic carbocycles. The van der Waals surface area contributed by atoms with Crippen molar-refractivity contribution < 1.29 is 0 Å². The average Bonchev–Trinajstić information content (AvgIpc) is 3.72. The van der Waals surface area contributed by atoms with Crippen LogP contribution in [0.4, 0.5) is 0 Å². The summed E-state index contributed by atoms with van der Waals surface area (Å²) in [4.78, 5) is 0. The lowest BCUT2D eigenvalue weighted by atomic mass is 9.86. The molecule has 0 fully saturated rings. The second-order valence-electron chi connectivity index (χ2n) is 20.6. The Balaban J connectivity index is 1.28. The van der Waals surface area contributed by atoms with Crippen LogP contribution in [0.15, 0.2) is 133 Å². The molecular formula is C60H54. The fraction of sp³-hybridized carbons (Fsp3) is 0.233. The lowest BCUT2D eigenvalue weighted by Gasteiger charge is -2.19. The maximum atomic E-state index is 2.54. The van der Waals surface area contributed by atoms with E-state index < -0.39 is 0 Å². The summed E-state index contributed by atoms with van der Waals surface area (Å²) < 4.78 is 0. The van der Waals surface area contributed by atoms with Gasteiger partial charge in [-0.1, -0.05) is 154 Å². The molecule has 0 saturated carbocycles. The van der Waals surface area contributed by atoms with Crippen molar-refractivity contribution in [2.75, 3.05) is 0 Å². The average molecular weight is 775 g/mol. The van der Waals surface area contributed by atoms with E-state index in [-0.39, 0.29) is 10.8 Å². The van der Waals surface area contributed by atoms with Crippen LogP contribution in [0.2, 0.25) is 0 Å². The predicted octanol–water partition coefficient (Wildman–Crippen LogP) is 18.0. The van der Waals surface area contributed by atoms with Crippen LogP contribution in [-0.4, -0.2) is 0 Å². The van der Waals surface area contributed by atoms with Crippen molar-refractivity contribution >= 4 is 86.2 Å². The van der Waals surface area contributed by atoms with Gasteiger partial charge >= 0.3 is 0 Å². The molecule has 0 atom stereocenters. The standard InChI is InChI=1S/C60H54/c1-33(2)35-11-15-37(16-12-35)39-25-51-45-23-24-46-50(49(45)31-55-43-21-19-41(59(5,6)7)29-47(43)53(27-39)57(51)55)32-56-44-22-20-42(60(8,9)10)30-48(44)54-28-40(26-52(46)58(54)56)38-17-13-36(14-18-38)34(3)4/h11-34H,1-10H3. The first-order valence-electron chi connectivity index (χ1n) is 22.1.